The number of benzene rings is 2. The van der Waals surface area contributed by atoms with E-state index in [4.69, 9.17) is 13.9 Å². The van der Waals surface area contributed by atoms with E-state index in [1.54, 1.807) is 0 Å². The number of ether oxygens (including phenoxy) is 2. The highest BCUT2D eigenvalue weighted by molar-refractivity contribution is 5.88. The highest BCUT2D eigenvalue weighted by Crippen LogP contribution is 2.40. The molecular weight excluding hydrogens is 412 g/mol. The topological polar surface area (TPSA) is 171 Å². The molecule has 1 saturated heterocycles. The monoisotopic (exact) mass is 433 g/mol. The SMILES string of the molecule is OCC1O[C@H](Oc2cc3c(O)cc(O)cc3[o+]c2-c2ccc(O)cc2)[C@H](O)C(O)[C@@H]1O. The molecule has 7 N–H and O–H groups in total. The molecule has 5 atom stereocenters. The van der Waals surface area contributed by atoms with Gasteiger partial charge in [-0.2, -0.15) is 0 Å². The largest absolute Gasteiger partial charge is 0.508 e. The molecule has 0 aliphatic carbocycles. The van der Waals surface area contributed by atoms with Crippen molar-refractivity contribution in [1.82, 2.24) is 0 Å². The summed E-state index contributed by atoms with van der Waals surface area (Å²) in [6, 6.07) is 9.66. The molecule has 4 rings (SSSR count). The Morgan fingerprint density at radius 3 is 2.26 bits per heavy atom. The molecule has 3 aromatic rings. The summed E-state index contributed by atoms with van der Waals surface area (Å²) in [6.07, 6.45) is -7.52. The molecular formula is C21H21O10+. The van der Waals surface area contributed by atoms with Crippen LogP contribution in [0, 0.1) is 0 Å². The maximum atomic E-state index is 10.3. The van der Waals surface area contributed by atoms with Gasteiger partial charge in [-0.15, -0.1) is 0 Å². The average Bonchev–Trinajstić information content (AvgIpc) is 2.74. The van der Waals surface area contributed by atoms with Crippen LogP contribution >= 0.6 is 0 Å². The molecule has 164 valence electrons. The van der Waals surface area contributed by atoms with Gasteiger partial charge in [0.05, 0.1) is 18.2 Å². The summed E-state index contributed by atoms with van der Waals surface area (Å²) < 4.78 is 17.0. The van der Waals surface area contributed by atoms with Crippen LogP contribution in [0.3, 0.4) is 0 Å². The Bertz CT molecular complexity index is 1080. The Balaban J connectivity index is 1.81. The molecule has 1 aliphatic rings. The van der Waals surface area contributed by atoms with Crippen LogP contribution in [-0.2, 0) is 4.74 Å². The van der Waals surface area contributed by atoms with Crippen LogP contribution in [0.25, 0.3) is 22.3 Å². The Labute approximate surface area is 175 Å². The van der Waals surface area contributed by atoms with E-state index in [1.807, 2.05) is 0 Å². The van der Waals surface area contributed by atoms with Crippen LogP contribution in [0.15, 0.2) is 46.9 Å². The van der Waals surface area contributed by atoms with Crippen molar-refractivity contribution in [2.45, 2.75) is 30.7 Å². The molecule has 0 spiro atoms. The quantitative estimate of drug-likeness (QED) is 0.290. The molecule has 0 bridgehead atoms. The zero-order chi connectivity index (χ0) is 22.3. The lowest BCUT2D eigenvalue weighted by molar-refractivity contribution is -0.277. The van der Waals surface area contributed by atoms with Gasteiger partial charge in [-0.1, -0.05) is 0 Å². The molecule has 0 amide bonds. The first-order chi connectivity index (χ1) is 14.8. The van der Waals surface area contributed by atoms with E-state index in [1.165, 1.54) is 36.4 Å². The second-order valence-electron chi connectivity index (χ2n) is 7.18. The average molecular weight is 433 g/mol. The summed E-state index contributed by atoms with van der Waals surface area (Å²) >= 11 is 0. The second kappa shape index (κ2) is 8.17. The number of aliphatic hydroxyl groups is 4. The predicted molar refractivity (Wildman–Crippen MR) is 105 cm³/mol. The standard InChI is InChI=1S/C21H20O10/c22-8-16-17(26)18(27)19(28)21(31-16)30-15-7-12-13(25)5-11(24)6-14(12)29-20(15)9-1-3-10(23)4-2-9/h1-7,16-19,21-22,26-28H,8H2,(H2-,23,24,25)/p+1/t16?,17-,18?,19-,21+/m1/s1. The van der Waals surface area contributed by atoms with Gasteiger partial charge < -0.3 is 45.2 Å². The first-order valence-electron chi connectivity index (χ1n) is 9.38. The van der Waals surface area contributed by atoms with Crippen LogP contribution in [0.5, 0.6) is 23.0 Å². The third-order valence-electron chi connectivity index (χ3n) is 5.04. The van der Waals surface area contributed by atoms with Crippen molar-refractivity contribution >= 4 is 11.0 Å². The molecule has 1 fully saturated rings. The van der Waals surface area contributed by atoms with E-state index in [9.17, 15) is 35.7 Å². The van der Waals surface area contributed by atoms with E-state index in [2.05, 4.69) is 0 Å². The van der Waals surface area contributed by atoms with Crippen LogP contribution in [0.2, 0.25) is 0 Å². The van der Waals surface area contributed by atoms with Gasteiger partial charge >= 0.3 is 11.3 Å². The fourth-order valence-electron chi connectivity index (χ4n) is 3.38. The van der Waals surface area contributed by atoms with Gasteiger partial charge in [-0.05, 0) is 24.3 Å². The molecule has 31 heavy (non-hydrogen) atoms. The number of aliphatic hydroxyl groups excluding tert-OH is 4. The van der Waals surface area contributed by atoms with Crippen molar-refractivity contribution < 1.29 is 49.6 Å². The lowest BCUT2D eigenvalue weighted by Crippen LogP contribution is -2.60. The number of phenols is 3. The number of phenolic OH excluding ortho intramolecular Hbond substituents is 3. The minimum atomic E-state index is -1.66. The van der Waals surface area contributed by atoms with Crippen LogP contribution in [0.4, 0.5) is 0 Å². The van der Waals surface area contributed by atoms with Crippen molar-refractivity contribution in [2.75, 3.05) is 6.61 Å². The summed E-state index contributed by atoms with van der Waals surface area (Å²) in [5.41, 5.74) is 0.573. The number of aromatic hydroxyl groups is 3. The number of hydrogen-bond donors (Lipinski definition) is 7. The van der Waals surface area contributed by atoms with Crippen molar-refractivity contribution in [1.29, 1.82) is 0 Å². The lowest BCUT2D eigenvalue weighted by Gasteiger charge is -2.39. The van der Waals surface area contributed by atoms with Gasteiger partial charge in [-0.25, -0.2) is 4.42 Å². The predicted octanol–water partition coefficient (Wildman–Crippen LogP) is 0.676. The van der Waals surface area contributed by atoms with Crippen LogP contribution in [-0.4, -0.2) is 73.1 Å². The van der Waals surface area contributed by atoms with Crippen LogP contribution < -0.4 is 4.74 Å². The fourth-order valence-corrected chi connectivity index (χ4v) is 3.38. The minimum absolute atomic E-state index is 0.0104. The molecule has 10 nitrogen and oxygen atoms in total. The van der Waals surface area contributed by atoms with Crippen LogP contribution in [0.1, 0.15) is 0 Å². The number of fused-ring (bicyclic) bond motifs is 1. The van der Waals surface area contributed by atoms with E-state index < -0.39 is 37.3 Å². The zero-order valence-corrected chi connectivity index (χ0v) is 16.0. The molecule has 2 aromatic carbocycles. The molecule has 1 aromatic heterocycles. The van der Waals surface area contributed by atoms with Gasteiger partial charge in [-0.3, -0.25) is 0 Å². The molecule has 1 aliphatic heterocycles. The summed E-state index contributed by atoms with van der Waals surface area (Å²) in [7, 11) is 0. The molecule has 10 heteroatoms. The lowest BCUT2D eigenvalue weighted by atomic mass is 9.99. The Kier molecular flexibility index (Phi) is 5.56. The van der Waals surface area contributed by atoms with Crippen molar-refractivity contribution in [2.24, 2.45) is 0 Å². The molecule has 2 heterocycles. The minimum Gasteiger partial charge on any atom is -0.508 e. The Morgan fingerprint density at radius 2 is 1.58 bits per heavy atom. The van der Waals surface area contributed by atoms with E-state index in [0.717, 1.165) is 6.07 Å². The third-order valence-corrected chi connectivity index (χ3v) is 5.04. The van der Waals surface area contributed by atoms with Gasteiger partial charge in [0.15, 0.2) is 0 Å². The number of rotatable bonds is 4. The zero-order valence-electron chi connectivity index (χ0n) is 16.0. The highest BCUT2D eigenvalue weighted by atomic mass is 16.7. The summed E-state index contributed by atoms with van der Waals surface area (Å²) in [5.74, 6) is -0.420. The highest BCUT2D eigenvalue weighted by Gasteiger charge is 2.45. The smallest absolute Gasteiger partial charge is 0.402 e. The molecule has 0 saturated carbocycles. The van der Waals surface area contributed by atoms with Gasteiger partial charge in [0.2, 0.25) is 12.0 Å². The van der Waals surface area contributed by atoms with Crippen molar-refractivity contribution in [3.8, 4) is 34.3 Å². The summed E-state index contributed by atoms with van der Waals surface area (Å²) in [4.78, 5) is 0. The normalized spacial score (nSPS) is 26.1. The fraction of sp³-hybridized carbons (Fsp3) is 0.286. The summed E-state index contributed by atoms with van der Waals surface area (Å²) in [5, 5.41) is 69.4. The second-order valence-corrected chi connectivity index (χ2v) is 7.18. The van der Waals surface area contributed by atoms with Gasteiger partial charge in [0, 0.05) is 12.1 Å². The van der Waals surface area contributed by atoms with E-state index in [0.29, 0.717) is 5.56 Å². The maximum Gasteiger partial charge on any atom is 0.402 e. The van der Waals surface area contributed by atoms with Gasteiger partial charge in [0.25, 0.3) is 0 Å². The van der Waals surface area contributed by atoms with E-state index >= 15 is 0 Å². The molecule has 0 radical (unpaired) electrons. The Morgan fingerprint density at radius 1 is 0.871 bits per heavy atom. The number of hydrogen-bond acceptors (Lipinski definition) is 9. The molecule has 2 unspecified atom stereocenters. The van der Waals surface area contributed by atoms with Crippen molar-refractivity contribution in [3.63, 3.8) is 0 Å². The Hall–Kier alpha value is -3.15. The maximum absolute atomic E-state index is 10.3. The van der Waals surface area contributed by atoms with Crippen molar-refractivity contribution in [3.05, 3.63) is 42.5 Å². The third kappa shape index (κ3) is 3.94. The van der Waals surface area contributed by atoms with E-state index in [-0.39, 0.29) is 39.7 Å². The first-order valence-corrected chi connectivity index (χ1v) is 9.38. The van der Waals surface area contributed by atoms with Gasteiger partial charge in [0.1, 0.15) is 47.1 Å². The summed E-state index contributed by atoms with van der Waals surface area (Å²) in [6.45, 7) is -0.627. The first kappa shape index (κ1) is 21.1.